The second-order valence-electron chi connectivity index (χ2n) is 6.15. The summed E-state index contributed by atoms with van der Waals surface area (Å²) in [5.74, 6) is 1.26. The van der Waals surface area contributed by atoms with E-state index in [4.69, 9.17) is 16.5 Å². The molecule has 1 saturated heterocycles. The summed E-state index contributed by atoms with van der Waals surface area (Å²) in [6.45, 7) is 8.08. The Kier molecular flexibility index (Phi) is 4.95. The van der Waals surface area contributed by atoms with Crippen LogP contribution in [0.1, 0.15) is 20.8 Å². The molecule has 7 nitrogen and oxygen atoms in total. The number of amides is 1. The number of carbonyl (C=O) groups excluding carboxylic acids is 1. The molecule has 2 rings (SSSR count). The minimum Gasteiger partial charge on any atom is -0.444 e. The van der Waals surface area contributed by atoms with Gasteiger partial charge in [-0.1, -0.05) is 0 Å². The van der Waals surface area contributed by atoms with Crippen LogP contribution >= 0.6 is 11.8 Å². The van der Waals surface area contributed by atoms with E-state index in [1.54, 1.807) is 24.2 Å². The van der Waals surface area contributed by atoms with Crippen LogP contribution in [0.15, 0.2) is 12.3 Å². The highest BCUT2D eigenvalue weighted by molar-refractivity contribution is 6.24. The first kappa shape index (κ1) is 16.6. The highest BCUT2D eigenvalue weighted by Gasteiger charge is 2.26. The summed E-state index contributed by atoms with van der Waals surface area (Å²) < 4.78 is 6.80. The highest BCUT2D eigenvalue weighted by atomic mass is 35.5. The van der Waals surface area contributed by atoms with Crippen LogP contribution in [-0.4, -0.2) is 59.8 Å². The molecule has 1 fully saturated rings. The van der Waals surface area contributed by atoms with E-state index in [2.05, 4.69) is 9.97 Å². The Morgan fingerprint density at radius 1 is 1.32 bits per heavy atom. The van der Waals surface area contributed by atoms with E-state index >= 15 is 0 Å². The van der Waals surface area contributed by atoms with Gasteiger partial charge in [-0.15, -0.1) is 0 Å². The largest absolute Gasteiger partial charge is 0.444 e. The third-order valence-corrected chi connectivity index (χ3v) is 3.33. The Bertz CT molecular complexity index is 524. The molecule has 0 spiro atoms. The maximum absolute atomic E-state index is 12.0. The topological polar surface area (TPSA) is 61.8 Å². The number of anilines is 2. The van der Waals surface area contributed by atoms with Crippen LogP contribution in [0.5, 0.6) is 0 Å². The molecule has 22 heavy (non-hydrogen) atoms. The molecule has 0 aromatic carbocycles. The average molecular weight is 328 g/mol. The predicted octanol–water partition coefficient (Wildman–Crippen LogP) is 2.12. The molecule has 0 unspecified atom stereocenters. The third kappa shape index (κ3) is 4.37. The van der Waals surface area contributed by atoms with E-state index in [0.29, 0.717) is 37.9 Å². The van der Waals surface area contributed by atoms with Gasteiger partial charge in [-0.3, -0.25) is 4.42 Å². The molecular formula is C14H22ClN5O2. The van der Waals surface area contributed by atoms with Crippen molar-refractivity contribution >= 4 is 29.6 Å². The molecular weight excluding hydrogens is 306 g/mol. The van der Waals surface area contributed by atoms with Gasteiger partial charge in [-0.05, 0) is 20.8 Å². The second-order valence-corrected chi connectivity index (χ2v) is 6.65. The summed E-state index contributed by atoms with van der Waals surface area (Å²) in [5.41, 5.74) is -0.476. The van der Waals surface area contributed by atoms with E-state index in [-0.39, 0.29) is 6.09 Å². The Morgan fingerprint density at radius 3 is 2.50 bits per heavy atom. The Hall–Kier alpha value is -1.76. The molecule has 122 valence electrons. The number of carbonyl (C=O) groups is 1. The molecule has 0 N–H and O–H groups in total. The van der Waals surface area contributed by atoms with Crippen molar-refractivity contribution in [2.24, 2.45) is 0 Å². The smallest absolute Gasteiger partial charge is 0.410 e. The van der Waals surface area contributed by atoms with Gasteiger partial charge in [0, 0.05) is 57.3 Å². The summed E-state index contributed by atoms with van der Waals surface area (Å²) in [7, 11) is 1.72. The minimum absolute atomic E-state index is 0.276. The lowest BCUT2D eigenvalue weighted by molar-refractivity contribution is 0.0240. The van der Waals surface area contributed by atoms with Gasteiger partial charge >= 0.3 is 6.09 Å². The number of aromatic nitrogens is 2. The number of piperazine rings is 1. The van der Waals surface area contributed by atoms with Crippen molar-refractivity contribution in [2.45, 2.75) is 26.4 Å². The van der Waals surface area contributed by atoms with Crippen molar-refractivity contribution in [3.05, 3.63) is 12.3 Å². The standard InChI is InChI=1S/C14H22ClN5O2/c1-14(2,3)22-13(21)20-9-7-19(8-10-20)12-16-6-5-11(17-12)18(4)15/h5-6H,7-10H2,1-4H3. The molecule has 0 bridgehead atoms. The third-order valence-electron chi connectivity index (χ3n) is 3.16. The zero-order valence-corrected chi connectivity index (χ0v) is 14.2. The Balaban J connectivity index is 1.95. The summed E-state index contributed by atoms with van der Waals surface area (Å²) in [6.07, 6.45) is 1.40. The molecule has 1 aromatic heterocycles. The molecule has 0 radical (unpaired) electrons. The zero-order chi connectivity index (χ0) is 16.3. The van der Waals surface area contributed by atoms with Crippen molar-refractivity contribution in [3.63, 3.8) is 0 Å². The number of nitrogens with zero attached hydrogens (tertiary/aromatic N) is 5. The first-order chi connectivity index (χ1) is 10.3. The molecule has 0 atom stereocenters. The number of halogens is 1. The van der Waals surface area contributed by atoms with E-state index in [1.807, 2.05) is 25.7 Å². The lowest BCUT2D eigenvalue weighted by atomic mass is 10.2. The summed E-state index contributed by atoms with van der Waals surface area (Å²) >= 11 is 5.90. The molecule has 8 heteroatoms. The van der Waals surface area contributed by atoms with Gasteiger partial charge in [0.25, 0.3) is 0 Å². The van der Waals surface area contributed by atoms with Gasteiger partial charge in [0.15, 0.2) is 0 Å². The second kappa shape index (κ2) is 6.56. The molecule has 1 amide bonds. The van der Waals surface area contributed by atoms with Gasteiger partial charge in [0.2, 0.25) is 5.95 Å². The Labute approximate surface area is 135 Å². The average Bonchev–Trinajstić information content (AvgIpc) is 2.46. The van der Waals surface area contributed by atoms with Gasteiger partial charge in [-0.2, -0.15) is 4.98 Å². The van der Waals surface area contributed by atoms with Crippen molar-refractivity contribution < 1.29 is 9.53 Å². The van der Waals surface area contributed by atoms with Gasteiger partial charge < -0.3 is 14.5 Å². The first-order valence-corrected chi connectivity index (χ1v) is 7.55. The van der Waals surface area contributed by atoms with Gasteiger partial charge in [-0.25, -0.2) is 9.78 Å². The Morgan fingerprint density at radius 2 is 1.95 bits per heavy atom. The lowest BCUT2D eigenvalue weighted by Gasteiger charge is -2.35. The van der Waals surface area contributed by atoms with E-state index in [1.165, 1.54) is 4.42 Å². The maximum atomic E-state index is 12.0. The van der Waals surface area contributed by atoms with Crippen molar-refractivity contribution in [1.82, 2.24) is 14.9 Å². The minimum atomic E-state index is -0.476. The lowest BCUT2D eigenvalue weighted by Crippen LogP contribution is -2.50. The molecule has 1 aliphatic heterocycles. The van der Waals surface area contributed by atoms with Crippen LogP contribution in [-0.2, 0) is 4.74 Å². The quantitative estimate of drug-likeness (QED) is 0.775. The summed E-state index contributed by atoms with van der Waals surface area (Å²) in [6, 6.07) is 1.74. The van der Waals surface area contributed by atoms with Gasteiger partial charge in [0.05, 0.1) is 0 Å². The highest BCUT2D eigenvalue weighted by Crippen LogP contribution is 2.17. The maximum Gasteiger partial charge on any atom is 0.410 e. The van der Waals surface area contributed by atoms with Gasteiger partial charge in [0.1, 0.15) is 11.4 Å². The number of ether oxygens (including phenoxy) is 1. The van der Waals surface area contributed by atoms with Crippen LogP contribution in [0, 0.1) is 0 Å². The SMILES string of the molecule is CN(Cl)c1ccnc(N2CCN(C(=O)OC(C)(C)C)CC2)n1. The van der Waals surface area contributed by atoms with E-state index in [0.717, 1.165) is 0 Å². The van der Waals surface area contributed by atoms with E-state index < -0.39 is 5.60 Å². The first-order valence-electron chi connectivity index (χ1n) is 7.22. The fraction of sp³-hybridized carbons (Fsp3) is 0.643. The molecule has 1 aromatic rings. The number of hydrogen-bond donors (Lipinski definition) is 0. The van der Waals surface area contributed by atoms with Crippen LogP contribution in [0.25, 0.3) is 0 Å². The summed E-state index contributed by atoms with van der Waals surface area (Å²) in [5, 5.41) is 0. The normalized spacial score (nSPS) is 15.7. The van der Waals surface area contributed by atoms with Crippen LogP contribution in [0.3, 0.4) is 0 Å². The van der Waals surface area contributed by atoms with Crippen molar-refractivity contribution in [2.75, 3.05) is 42.5 Å². The molecule has 0 aliphatic carbocycles. The predicted molar refractivity (Wildman–Crippen MR) is 86.3 cm³/mol. The molecule has 0 saturated carbocycles. The summed E-state index contributed by atoms with van der Waals surface area (Å²) in [4.78, 5) is 24.4. The number of rotatable bonds is 2. The fourth-order valence-corrected chi connectivity index (χ4v) is 2.17. The fourth-order valence-electron chi connectivity index (χ4n) is 2.08. The van der Waals surface area contributed by atoms with Crippen LogP contribution < -0.4 is 9.32 Å². The van der Waals surface area contributed by atoms with Crippen molar-refractivity contribution in [1.29, 1.82) is 0 Å². The molecule has 1 aliphatic rings. The molecule has 2 heterocycles. The van der Waals surface area contributed by atoms with Crippen LogP contribution in [0.4, 0.5) is 16.6 Å². The van der Waals surface area contributed by atoms with Crippen LogP contribution in [0.2, 0.25) is 0 Å². The monoisotopic (exact) mass is 327 g/mol. The number of hydrogen-bond acceptors (Lipinski definition) is 6. The van der Waals surface area contributed by atoms with Crippen molar-refractivity contribution in [3.8, 4) is 0 Å². The van der Waals surface area contributed by atoms with E-state index in [9.17, 15) is 4.79 Å². The zero-order valence-electron chi connectivity index (χ0n) is 13.4.